The average molecular weight is 178 g/mol. The van der Waals surface area contributed by atoms with Crippen molar-refractivity contribution in [3.63, 3.8) is 0 Å². The van der Waals surface area contributed by atoms with E-state index in [4.69, 9.17) is 5.11 Å². The van der Waals surface area contributed by atoms with E-state index in [1.54, 1.807) is 0 Å². The highest BCUT2D eigenvalue weighted by molar-refractivity contribution is 5.86. The van der Waals surface area contributed by atoms with Gasteiger partial charge in [-0.1, -0.05) is 0 Å². The van der Waals surface area contributed by atoms with Crippen LogP contribution in [0.15, 0.2) is 4.63 Å². The zero-order valence-electron chi connectivity index (χ0n) is 5.91. The standard InChI is InChI=1S/C5H4F2N2O3/c1-5(6,7)3-2(4(10)11)8-12-9-3/h1H3,(H,10,11). The minimum absolute atomic E-state index is 0.513. The number of carbonyl (C=O) groups is 1. The molecule has 0 bridgehead atoms. The molecule has 5 nitrogen and oxygen atoms in total. The van der Waals surface area contributed by atoms with E-state index >= 15 is 0 Å². The van der Waals surface area contributed by atoms with Crippen LogP contribution in [0.5, 0.6) is 0 Å². The number of hydrogen-bond acceptors (Lipinski definition) is 4. The largest absolute Gasteiger partial charge is 0.476 e. The Hall–Kier alpha value is -1.53. The summed E-state index contributed by atoms with van der Waals surface area (Å²) in [5.41, 5.74) is -1.82. The van der Waals surface area contributed by atoms with Crippen LogP contribution in [0, 0.1) is 0 Å². The van der Waals surface area contributed by atoms with Crippen LogP contribution in [-0.2, 0) is 5.92 Å². The molecule has 66 valence electrons. The normalized spacial score (nSPS) is 11.6. The fourth-order valence-corrected chi connectivity index (χ4v) is 0.617. The molecule has 1 rings (SSSR count). The first kappa shape index (κ1) is 8.57. The zero-order chi connectivity index (χ0) is 9.35. The molecule has 1 aromatic rings. The molecular formula is C5H4F2N2O3. The summed E-state index contributed by atoms with van der Waals surface area (Å²) in [4.78, 5) is 10.2. The summed E-state index contributed by atoms with van der Waals surface area (Å²) < 4.78 is 28.8. The predicted molar refractivity (Wildman–Crippen MR) is 30.8 cm³/mol. The molecule has 1 aromatic heterocycles. The number of nitrogens with zero attached hydrogens (tertiary/aromatic N) is 2. The number of alkyl halides is 2. The summed E-state index contributed by atoms with van der Waals surface area (Å²) in [6.45, 7) is 0.513. The molecule has 1 heterocycles. The molecule has 1 N–H and O–H groups in total. The fraction of sp³-hybridized carbons (Fsp3) is 0.400. The van der Waals surface area contributed by atoms with Crippen molar-refractivity contribution >= 4 is 5.97 Å². The van der Waals surface area contributed by atoms with E-state index in [2.05, 4.69) is 14.9 Å². The molecule has 0 unspecified atom stereocenters. The van der Waals surface area contributed by atoms with E-state index in [1.807, 2.05) is 0 Å². The van der Waals surface area contributed by atoms with Crippen molar-refractivity contribution < 1.29 is 23.3 Å². The first-order chi connectivity index (χ1) is 5.43. The summed E-state index contributed by atoms with van der Waals surface area (Å²) in [5.74, 6) is -4.94. The summed E-state index contributed by atoms with van der Waals surface area (Å²) in [6, 6.07) is 0. The fourth-order valence-electron chi connectivity index (χ4n) is 0.617. The predicted octanol–water partition coefficient (Wildman–Crippen LogP) is 0.879. The number of aromatic carboxylic acids is 1. The maximum atomic E-state index is 12.5. The van der Waals surface area contributed by atoms with Gasteiger partial charge in [0.1, 0.15) is 0 Å². The van der Waals surface area contributed by atoms with E-state index < -0.39 is 23.3 Å². The third kappa shape index (κ3) is 1.39. The lowest BCUT2D eigenvalue weighted by atomic mass is 10.2. The molecule has 0 atom stereocenters. The highest BCUT2D eigenvalue weighted by atomic mass is 19.3. The molecule has 0 amide bonds. The van der Waals surface area contributed by atoms with Crippen LogP contribution in [0.25, 0.3) is 0 Å². The van der Waals surface area contributed by atoms with Crippen LogP contribution in [-0.4, -0.2) is 21.4 Å². The third-order valence-corrected chi connectivity index (χ3v) is 1.11. The molecule has 0 aliphatic rings. The second-order valence-corrected chi connectivity index (χ2v) is 2.15. The van der Waals surface area contributed by atoms with Crippen molar-refractivity contribution in [3.8, 4) is 0 Å². The molecule has 0 saturated carbocycles. The van der Waals surface area contributed by atoms with E-state index in [-0.39, 0.29) is 0 Å². The molecule has 0 aromatic carbocycles. The van der Waals surface area contributed by atoms with E-state index in [0.29, 0.717) is 6.92 Å². The molecule has 7 heteroatoms. The molecule has 0 fully saturated rings. The van der Waals surface area contributed by atoms with Crippen LogP contribution < -0.4 is 0 Å². The molecular weight excluding hydrogens is 174 g/mol. The highest BCUT2D eigenvalue weighted by Crippen LogP contribution is 2.26. The maximum Gasteiger partial charge on any atom is 0.360 e. The third-order valence-electron chi connectivity index (χ3n) is 1.11. The first-order valence-corrected chi connectivity index (χ1v) is 2.87. The Bertz CT molecular complexity index is 304. The van der Waals surface area contributed by atoms with E-state index in [9.17, 15) is 13.6 Å². The Labute approximate surface area is 64.9 Å². The minimum atomic E-state index is -3.35. The van der Waals surface area contributed by atoms with Gasteiger partial charge >= 0.3 is 5.97 Å². The molecule has 0 aliphatic heterocycles. The molecule has 12 heavy (non-hydrogen) atoms. The van der Waals surface area contributed by atoms with Gasteiger partial charge in [0.15, 0.2) is 5.69 Å². The van der Waals surface area contributed by atoms with Gasteiger partial charge in [0.25, 0.3) is 5.92 Å². The summed E-state index contributed by atoms with van der Waals surface area (Å²) in [5, 5.41) is 13.9. The number of carboxylic acids is 1. The average Bonchev–Trinajstić information content (AvgIpc) is 2.30. The van der Waals surface area contributed by atoms with E-state index in [1.165, 1.54) is 0 Å². The van der Waals surface area contributed by atoms with Crippen molar-refractivity contribution in [1.82, 2.24) is 10.3 Å². The lowest BCUT2D eigenvalue weighted by Gasteiger charge is -2.03. The van der Waals surface area contributed by atoms with Crippen molar-refractivity contribution in [2.45, 2.75) is 12.8 Å². The maximum absolute atomic E-state index is 12.5. The van der Waals surface area contributed by atoms with Gasteiger partial charge in [-0.2, -0.15) is 8.78 Å². The quantitative estimate of drug-likeness (QED) is 0.727. The van der Waals surface area contributed by atoms with Gasteiger partial charge in [-0.3, -0.25) is 0 Å². The molecule has 0 aliphatic carbocycles. The van der Waals surface area contributed by atoms with Crippen LogP contribution >= 0.6 is 0 Å². The van der Waals surface area contributed by atoms with Gasteiger partial charge in [0, 0.05) is 6.92 Å². The number of halogens is 2. The minimum Gasteiger partial charge on any atom is -0.476 e. The van der Waals surface area contributed by atoms with Gasteiger partial charge in [-0.25, -0.2) is 9.42 Å². The molecule has 0 saturated heterocycles. The second kappa shape index (κ2) is 2.50. The zero-order valence-corrected chi connectivity index (χ0v) is 5.91. The van der Waals surface area contributed by atoms with Crippen LogP contribution in [0.2, 0.25) is 0 Å². The van der Waals surface area contributed by atoms with Crippen LogP contribution in [0.3, 0.4) is 0 Å². The Morgan fingerprint density at radius 2 is 2.17 bits per heavy atom. The number of rotatable bonds is 2. The van der Waals surface area contributed by atoms with Gasteiger partial charge in [0.2, 0.25) is 5.69 Å². The van der Waals surface area contributed by atoms with Gasteiger partial charge in [0.05, 0.1) is 0 Å². The summed E-state index contributed by atoms with van der Waals surface area (Å²) in [7, 11) is 0. The lowest BCUT2D eigenvalue weighted by Crippen LogP contribution is -2.13. The first-order valence-electron chi connectivity index (χ1n) is 2.87. The van der Waals surface area contributed by atoms with Crippen molar-refractivity contribution in [1.29, 1.82) is 0 Å². The Kier molecular flexibility index (Phi) is 1.79. The summed E-state index contributed by atoms with van der Waals surface area (Å²) >= 11 is 0. The Morgan fingerprint density at radius 1 is 1.58 bits per heavy atom. The van der Waals surface area contributed by atoms with Gasteiger partial charge in [-0.15, -0.1) is 0 Å². The lowest BCUT2D eigenvalue weighted by molar-refractivity contribution is 0.00791. The molecule has 0 radical (unpaired) electrons. The number of aromatic nitrogens is 2. The van der Waals surface area contributed by atoms with Crippen molar-refractivity contribution in [3.05, 3.63) is 11.4 Å². The van der Waals surface area contributed by atoms with Gasteiger partial charge in [-0.05, 0) is 10.3 Å². The van der Waals surface area contributed by atoms with Crippen LogP contribution in [0.4, 0.5) is 8.78 Å². The monoisotopic (exact) mass is 178 g/mol. The molecule has 0 spiro atoms. The van der Waals surface area contributed by atoms with Crippen LogP contribution in [0.1, 0.15) is 23.1 Å². The number of hydrogen-bond donors (Lipinski definition) is 1. The highest BCUT2D eigenvalue weighted by Gasteiger charge is 2.35. The van der Waals surface area contributed by atoms with Crippen molar-refractivity contribution in [2.24, 2.45) is 0 Å². The van der Waals surface area contributed by atoms with Crippen molar-refractivity contribution in [2.75, 3.05) is 0 Å². The second-order valence-electron chi connectivity index (χ2n) is 2.15. The Balaban J connectivity index is 3.17. The SMILES string of the molecule is CC(F)(F)c1nonc1C(=O)O. The topological polar surface area (TPSA) is 76.2 Å². The van der Waals surface area contributed by atoms with Gasteiger partial charge < -0.3 is 5.11 Å². The smallest absolute Gasteiger partial charge is 0.360 e. The van der Waals surface area contributed by atoms with E-state index in [0.717, 1.165) is 0 Å². The number of carboxylic acid groups (broad SMARTS) is 1. The Morgan fingerprint density at radius 3 is 2.50 bits per heavy atom. The summed E-state index contributed by atoms with van der Waals surface area (Å²) in [6.07, 6.45) is 0.